The van der Waals surface area contributed by atoms with Crippen molar-refractivity contribution in [3.63, 3.8) is 0 Å². The maximum Gasteiger partial charge on any atom is 0.292 e. The first kappa shape index (κ1) is 19.3. The van der Waals surface area contributed by atoms with Crippen LogP contribution < -0.4 is 10.6 Å². The highest BCUT2D eigenvalue weighted by Crippen LogP contribution is 2.39. The van der Waals surface area contributed by atoms with Crippen LogP contribution in [-0.4, -0.2) is 31.1 Å². The summed E-state index contributed by atoms with van der Waals surface area (Å²) >= 11 is 1.51. The lowest BCUT2D eigenvalue weighted by Gasteiger charge is -2.12. The van der Waals surface area contributed by atoms with Crippen LogP contribution in [0.1, 0.15) is 56.2 Å². The van der Waals surface area contributed by atoms with Gasteiger partial charge < -0.3 is 19.8 Å². The van der Waals surface area contributed by atoms with Gasteiger partial charge in [0.2, 0.25) is 0 Å². The van der Waals surface area contributed by atoms with Crippen LogP contribution in [0.2, 0.25) is 0 Å². The fourth-order valence-corrected chi connectivity index (χ4v) is 5.67. The Morgan fingerprint density at radius 3 is 2.83 bits per heavy atom. The first-order valence-corrected chi connectivity index (χ1v) is 11.3. The number of fused-ring (bicyclic) bond motifs is 2. The van der Waals surface area contributed by atoms with Crippen molar-refractivity contribution in [1.29, 1.82) is 0 Å². The third kappa shape index (κ3) is 3.42. The number of anilines is 1. The van der Waals surface area contributed by atoms with Crippen LogP contribution in [0.25, 0.3) is 11.0 Å². The standard InChI is InChI=1S/C23H24N2O4S/c1-13-15-7-2-3-9-17(15)29-20(13)22(27)25-23-19(16-8-4-10-18(16)30-23)21(26)24-12-14-6-5-11-28-14/h2-3,7,9,14H,4-6,8,10-12H2,1H3,(H,24,26)(H,25,27)/t14-/m1/s1. The first-order valence-electron chi connectivity index (χ1n) is 10.5. The zero-order valence-electron chi connectivity index (χ0n) is 16.9. The molecule has 1 atom stereocenters. The van der Waals surface area contributed by atoms with Gasteiger partial charge in [-0.05, 0) is 50.7 Å². The second kappa shape index (κ2) is 7.89. The number of aryl methyl sites for hydroxylation is 2. The summed E-state index contributed by atoms with van der Waals surface area (Å²) in [5, 5.41) is 7.50. The van der Waals surface area contributed by atoms with Gasteiger partial charge in [-0.3, -0.25) is 9.59 Å². The number of hydrogen-bond acceptors (Lipinski definition) is 5. The SMILES string of the molecule is Cc1c(C(=O)Nc2sc3c(c2C(=O)NC[C@H]2CCCO2)CCC3)oc2ccccc12. The Morgan fingerprint density at radius 2 is 2.03 bits per heavy atom. The lowest BCUT2D eigenvalue weighted by atomic mass is 10.1. The Hall–Kier alpha value is -2.64. The molecule has 3 heterocycles. The van der Waals surface area contributed by atoms with E-state index in [1.54, 1.807) is 0 Å². The molecule has 2 amide bonds. The molecule has 6 nitrogen and oxygen atoms in total. The van der Waals surface area contributed by atoms with Gasteiger partial charge >= 0.3 is 0 Å². The van der Waals surface area contributed by atoms with Gasteiger partial charge in [-0.15, -0.1) is 11.3 Å². The normalized spacial score (nSPS) is 18.0. The molecule has 5 rings (SSSR count). The zero-order valence-corrected chi connectivity index (χ0v) is 17.7. The van der Waals surface area contributed by atoms with E-state index < -0.39 is 0 Å². The fraction of sp³-hybridized carbons (Fsp3) is 0.391. The van der Waals surface area contributed by atoms with E-state index in [4.69, 9.17) is 9.15 Å². The molecule has 0 unspecified atom stereocenters. The molecule has 1 aliphatic heterocycles. The maximum absolute atomic E-state index is 13.0. The summed E-state index contributed by atoms with van der Waals surface area (Å²) in [4.78, 5) is 27.2. The van der Waals surface area contributed by atoms with Crippen LogP contribution in [-0.2, 0) is 17.6 Å². The summed E-state index contributed by atoms with van der Waals surface area (Å²) in [5.41, 5.74) is 3.16. The second-order valence-corrected chi connectivity index (χ2v) is 9.02. The minimum Gasteiger partial charge on any atom is -0.451 e. The molecular formula is C23H24N2O4S. The van der Waals surface area contributed by atoms with Crippen LogP contribution in [0.5, 0.6) is 0 Å². The number of ether oxygens (including phenoxy) is 1. The Balaban J connectivity index is 1.40. The van der Waals surface area contributed by atoms with E-state index in [0.29, 0.717) is 22.7 Å². The van der Waals surface area contributed by atoms with E-state index in [9.17, 15) is 9.59 Å². The third-order valence-corrected chi connectivity index (χ3v) is 7.15. The van der Waals surface area contributed by atoms with Crippen molar-refractivity contribution < 1.29 is 18.7 Å². The Morgan fingerprint density at radius 1 is 1.17 bits per heavy atom. The van der Waals surface area contributed by atoms with Gasteiger partial charge in [0.15, 0.2) is 5.76 Å². The zero-order chi connectivity index (χ0) is 20.7. The van der Waals surface area contributed by atoms with E-state index in [1.807, 2.05) is 31.2 Å². The molecule has 1 fully saturated rings. The van der Waals surface area contributed by atoms with Gasteiger partial charge in [0, 0.05) is 29.0 Å². The quantitative estimate of drug-likeness (QED) is 0.634. The molecule has 2 N–H and O–H groups in total. The Bertz CT molecular complexity index is 1120. The van der Waals surface area contributed by atoms with Crippen LogP contribution in [0, 0.1) is 6.92 Å². The van der Waals surface area contributed by atoms with Crippen molar-refractivity contribution in [2.75, 3.05) is 18.5 Å². The molecular weight excluding hydrogens is 400 g/mol. The minimum absolute atomic E-state index is 0.0804. The van der Waals surface area contributed by atoms with E-state index in [-0.39, 0.29) is 23.7 Å². The largest absolute Gasteiger partial charge is 0.451 e. The molecule has 1 saturated heterocycles. The third-order valence-electron chi connectivity index (χ3n) is 5.94. The summed E-state index contributed by atoms with van der Waals surface area (Å²) < 4.78 is 11.4. The number of benzene rings is 1. The van der Waals surface area contributed by atoms with Crippen molar-refractivity contribution in [3.8, 4) is 0 Å². The summed E-state index contributed by atoms with van der Waals surface area (Å²) in [7, 11) is 0. The van der Waals surface area contributed by atoms with Crippen LogP contribution in [0.4, 0.5) is 5.00 Å². The van der Waals surface area contributed by atoms with Gasteiger partial charge in [0.1, 0.15) is 10.6 Å². The number of thiophene rings is 1. The molecule has 30 heavy (non-hydrogen) atoms. The van der Waals surface area contributed by atoms with Crippen LogP contribution in [0.15, 0.2) is 28.7 Å². The van der Waals surface area contributed by atoms with Crippen LogP contribution in [0.3, 0.4) is 0 Å². The Kier molecular flexibility index (Phi) is 5.08. The fourth-order valence-electron chi connectivity index (χ4n) is 4.38. The maximum atomic E-state index is 13.0. The predicted molar refractivity (Wildman–Crippen MR) is 117 cm³/mol. The first-order chi connectivity index (χ1) is 14.6. The number of para-hydroxylation sites is 1. The molecule has 0 spiro atoms. The number of hydrogen-bond donors (Lipinski definition) is 2. The summed E-state index contributed by atoms with van der Waals surface area (Å²) in [6.45, 7) is 3.14. The average Bonchev–Trinajstić information content (AvgIpc) is 3.51. The molecule has 1 aromatic carbocycles. The van der Waals surface area contributed by atoms with E-state index in [1.165, 1.54) is 16.2 Å². The number of carbonyl (C=O) groups excluding carboxylic acids is 2. The average molecular weight is 425 g/mol. The van der Waals surface area contributed by atoms with Gasteiger partial charge in [0.05, 0.1) is 11.7 Å². The highest BCUT2D eigenvalue weighted by molar-refractivity contribution is 7.17. The van der Waals surface area contributed by atoms with E-state index >= 15 is 0 Å². The number of rotatable bonds is 5. The molecule has 7 heteroatoms. The number of carbonyl (C=O) groups is 2. The predicted octanol–water partition coefficient (Wildman–Crippen LogP) is 4.45. The lowest BCUT2D eigenvalue weighted by molar-refractivity contribution is 0.0858. The van der Waals surface area contributed by atoms with Crippen molar-refractivity contribution >= 4 is 39.1 Å². The van der Waals surface area contributed by atoms with Crippen molar-refractivity contribution in [2.24, 2.45) is 0 Å². The molecule has 1 aliphatic carbocycles. The van der Waals surface area contributed by atoms with Crippen molar-refractivity contribution in [1.82, 2.24) is 5.32 Å². The molecule has 156 valence electrons. The molecule has 0 bridgehead atoms. The van der Waals surface area contributed by atoms with Crippen molar-refractivity contribution in [3.05, 3.63) is 51.6 Å². The second-order valence-electron chi connectivity index (χ2n) is 7.91. The molecule has 2 aliphatic rings. The van der Waals surface area contributed by atoms with Gasteiger partial charge in [-0.1, -0.05) is 18.2 Å². The molecule has 2 aromatic heterocycles. The van der Waals surface area contributed by atoms with Crippen LogP contribution >= 0.6 is 11.3 Å². The highest BCUT2D eigenvalue weighted by atomic mass is 32.1. The van der Waals surface area contributed by atoms with E-state index in [0.717, 1.165) is 55.2 Å². The number of nitrogens with one attached hydrogen (secondary N) is 2. The van der Waals surface area contributed by atoms with Gasteiger partial charge in [0.25, 0.3) is 11.8 Å². The van der Waals surface area contributed by atoms with Gasteiger partial charge in [-0.25, -0.2) is 0 Å². The Labute approximate surface area is 178 Å². The summed E-state index contributed by atoms with van der Waals surface area (Å²) in [5.74, 6) is -0.172. The number of furan rings is 1. The minimum atomic E-state index is -0.322. The molecule has 3 aromatic rings. The van der Waals surface area contributed by atoms with E-state index in [2.05, 4.69) is 10.6 Å². The summed E-state index contributed by atoms with van der Waals surface area (Å²) in [6.07, 6.45) is 4.95. The van der Waals surface area contributed by atoms with Crippen molar-refractivity contribution in [2.45, 2.75) is 45.1 Å². The highest BCUT2D eigenvalue weighted by Gasteiger charge is 2.29. The topological polar surface area (TPSA) is 80.6 Å². The number of amides is 2. The summed E-state index contributed by atoms with van der Waals surface area (Å²) in [6, 6.07) is 7.59. The smallest absolute Gasteiger partial charge is 0.292 e. The molecule has 0 saturated carbocycles. The molecule has 0 radical (unpaired) electrons. The monoisotopic (exact) mass is 424 g/mol. The van der Waals surface area contributed by atoms with Gasteiger partial charge in [-0.2, -0.15) is 0 Å². The lowest BCUT2D eigenvalue weighted by Crippen LogP contribution is -2.32.